The molecule has 5 nitrogen and oxygen atoms in total. The molecule has 0 amide bonds. The monoisotopic (exact) mass is 353 g/mol. The molecule has 3 rings (SSSR count). The maximum Gasteiger partial charge on any atom is 0.313 e. The molecule has 1 aromatic heterocycles. The lowest BCUT2D eigenvalue weighted by atomic mass is 10.2. The highest BCUT2D eigenvalue weighted by atomic mass is 79.9. The average molecular weight is 354 g/mol. The number of carboxylic acids is 1. The molecule has 0 unspecified atom stereocenters. The number of thioether (sulfide) groups is 1. The summed E-state index contributed by atoms with van der Waals surface area (Å²) in [7, 11) is 0. The number of hydrogen-bond donors (Lipinski definition) is 1. The van der Waals surface area contributed by atoms with Crippen molar-refractivity contribution in [2.45, 2.75) is 24.0 Å². The average Bonchev–Trinajstić information content (AvgIpc) is 3.16. The minimum atomic E-state index is -0.843. The van der Waals surface area contributed by atoms with Crippen LogP contribution >= 0.6 is 27.7 Å². The molecule has 0 aliphatic heterocycles. The molecular formula is C13H12BrN3O2S. The van der Waals surface area contributed by atoms with Crippen molar-refractivity contribution in [2.75, 3.05) is 5.75 Å². The van der Waals surface area contributed by atoms with Crippen LogP contribution in [0, 0.1) is 0 Å². The fourth-order valence-corrected chi connectivity index (χ4v) is 3.11. The summed E-state index contributed by atoms with van der Waals surface area (Å²) >= 11 is 4.67. The lowest BCUT2D eigenvalue weighted by Crippen LogP contribution is -2.03. The van der Waals surface area contributed by atoms with Crippen LogP contribution in [0.15, 0.2) is 33.9 Å². The molecule has 2 aromatic rings. The summed E-state index contributed by atoms with van der Waals surface area (Å²) in [6.07, 6.45) is 2.19. The molecule has 1 fully saturated rings. The number of rotatable bonds is 5. The molecule has 1 heterocycles. The minimum absolute atomic E-state index is 0.00331. The molecule has 1 N–H and O–H groups in total. The van der Waals surface area contributed by atoms with Crippen LogP contribution in [-0.2, 0) is 4.79 Å². The standard InChI is InChI=1S/C13H12BrN3O2S/c14-9-3-1-2-8(6-9)12-15-16-13(20-7-11(18)19)17(12)10-4-5-10/h1-3,6,10H,4-5,7H2,(H,18,19). The molecule has 1 aliphatic carbocycles. The van der Waals surface area contributed by atoms with E-state index in [1.807, 2.05) is 24.3 Å². The summed E-state index contributed by atoms with van der Waals surface area (Å²) in [6.45, 7) is 0. The van der Waals surface area contributed by atoms with Gasteiger partial charge in [-0.2, -0.15) is 0 Å². The van der Waals surface area contributed by atoms with Gasteiger partial charge in [-0.15, -0.1) is 10.2 Å². The first-order valence-corrected chi connectivity index (χ1v) is 7.98. The zero-order valence-corrected chi connectivity index (χ0v) is 12.9. The normalized spacial score (nSPS) is 14.4. The predicted octanol–water partition coefficient (Wildman–Crippen LogP) is 3.22. The molecular weight excluding hydrogens is 342 g/mol. The third-order valence-electron chi connectivity index (χ3n) is 2.98. The van der Waals surface area contributed by atoms with E-state index in [9.17, 15) is 4.79 Å². The topological polar surface area (TPSA) is 68.0 Å². The number of halogens is 1. The van der Waals surface area contributed by atoms with Gasteiger partial charge in [0.15, 0.2) is 11.0 Å². The van der Waals surface area contributed by atoms with Gasteiger partial charge >= 0.3 is 5.97 Å². The molecule has 104 valence electrons. The quantitative estimate of drug-likeness (QED) is 0.835. The predicted molar refractivity (Wildman–Crippen MR) is 79.8 cm³/mol. The van der Waals surface area contributed by atoms with Gasteiger partial charge in [0.2, 0.25) is 0 Å². The number of benzene rings is 1. The number of aliphatic carboxylic acids is 1. The lowest BCUT2D eigenvalue weighted by Gasteiger charge is -2.08. The number of nitrogens with zero attached hydrogens (tertiary/aromatic N) is 3. The van der Waals surface area contributed by atoms with Crippen LogP contribution in [-0.4, -0.2) is 31.6 Å². The summed E-state index contributed by atoms with van der Waals surface area (Å²) < 4.78 is 3.05. The Morgan fingerprint density at radius 2 is 2.25 bits per heavy atom. The lowest BCUT2D eigenvalue weighted by molar-refractivity contribution is -0.133. The van der Waals surface area contributed by atoms with E-state index in [1.54, 1.807) is 0 Å². The third kappa shape index (κ3) is 2.88. The number of carbonyl (C=O) groups is 1. The summed E-state index contributed by atoms with van der Waals surface area (Å²) in [6, 6.07) is 8.29. The van der Waals surface area contributed by atoms with Gasteiger partial charge in [0.05, 0.1) is 5.75 Å². The third-order valence-corrected chi connectivity index (χ3v) is 4.41. The smallest absolute Gasteiger partial charge is 0.313 e. The van der Waals surface area contributed by atoms with E-state index in [0.717, 1.165) is 28.7 Å². The van der Waals surface area contributed by atoms with E-state index in [-0.39, 0.29) is 5.75 Å². The van der Waals surface area contributed by atoms with Crippen molar-refractivity contribution in [3.8, 4) is 11.4 Å². The first-order chi connectivity index (χ1) is 9.65. The van der Waals surface area contributed by atoms with Gasteiger partial charge < -0.3 is 5.11 Å². The second-order valence-corrected chi connectivity index (χ2v) is 6.46. The van der Waals surface area contributed by atoms with Crippen LogP contribution < -0.4 is 0 Å². The molecule has 1 saturated carbocycles. The molecule has 0 radical (unpaired) electrons. The van der Waals surface area contributed by atoms with Crippen LogP contribution in [0.3, 0.4) is 0 Å². The first-order valence-electron chi connectivity index (χ1n) is 6.20. The van der Waals surface area contributed by atoms with Gasteiger partial charge in [0.1, 0.15) is 0 Å². The Labute approximate surface area is 128 Å². The summed E-state index contributed by atoms with van der Waals surface area (Å²) in [5.74, 6) is -0.0328. The van der Waals surface area contributed by atoms with Crippen LogP contribution in [0.2, 0.25) is 0 Å². The summed E-state index contributed by atoms with van der Waals surface area (Å²) in [4.78, 5) is 10.7. The largest absolute Gasteiger partial charge is 0.481 e. The van der Waals surface area contributed by atoms with Gasteiger partial charge in [0, 0.05) is 16.1 Å². The molecule has 0 atom stereocenters. The van der Waals surface area contributed by atoms with Crippen LogP contribution in [0.25, 0.3) is 11.4 Å². The Hall–Kier alpha value is -1.34. The molecule has 0 saturated heterocycles. The van der Waals surface area contributed by atoms with Gasteiger partial charge in [-0.3, -0.25) is 9.36 Å². The first kappa shape index (κ1) is 13.6. The SMILES string of the molecule is O=C(O)CSc1nnc(-c2cccc(Br)c2)n1C1CC1. The van der Waals surface area contributed by atoms with Crippen molar-refractivity contribution < 1.29 is 9.90 Å². The van der Waals surface area contributed by atoms with E-state index in [0.29, 0.717) is 11.2 Å². The molecule has 0 bridgehead atoms. The van der Waals surface area contributed by atoms with Crippen molar-refractivity contribution in [3.05, 3.63) is 28.7 Å². The van der Waals surface area contributed by atoms with E-state index in [2.05, 4.69) is 30.7 Å². The fraction of sp³-hybridized carbons (Fsp3) is 0.308. The van der Waals surface area contributed by atoms with Crippen molar-refractivity contribution in [2.24, 2.45) is 0 Å². The summed E-state index contributed by atoms with van der Waals surface area (Å²) in [5.41, 5.74) is 0.987. The highest BCUT2D eigenvalue weighted by Crippen LogP contribution is 2.41. The highest BCUT2D eigenvalue weighted by Gasteiger charge is 2.30. The second-order valence-electron chi connectivity index (χ2n) is 4.60. The van der Waals surface area contributed by atoms with Crippen LogP contribution in [0.5, 0.6) is 0 Å². The maximum atomic E-state index is 10.7. The fourth-order valence-electron chi connectivity index (χ4n) is 1.99. The molecule has 1 aliphatic rings. The summed E-state index contributed by atoms with van der Waals surface area (Å²) in [5, 5.41) is 17.9. The van der Waals surface area contributed by atoms with E-state index < -0.39 is 5.97 Å². The van der Waals surface area contributed by atoms with Gasteiger partial charge in [0.25, 0.3) is 0 Å². The molecule has 0 spiro atoms. The Kier molecular flexibility index (Phi) is 3.80. The maximum absolute atomic E-state index is 10.7. The van der Waals surface area contributed by atoms with Crippen molar-refractivity contribution in [1.82, 2.24) is 14.8 Å². The van der Waals surface area contributed by atoms with Crippen LogP contribution in [0.1, 0.15) is 18.9 Å². The van der Waals surface area contributed by atoms with E-state index in [1.165, 1.54) is 11.8 Å². The van der Waals surface area contributed by atoms with Crippen LogP contribution in [0.4, 0.5) is 0 Å². The van der Waals surface area contributed by atoms with Gasteiger partial charge in [-0.25, -0.2) is 0 Å². The molecule has 20 heavy (non-hydrogen) atoms. The van der Waals surface area contributed by atoms with Crippen molar-refractivity contribution in [1.29, 1.82) is 0 Å². The van der Waals surface area contributed by atoms with Gasteiger partial charge in [-0.1, -0.05) is 39.8 Å². The second kappa shape index (κ2) is 5.57. The Morgan fingerprint density at radius 1 is 1.45 bits per heavy atom. The molecule has 1 aromatic carbocycles. The minimum Gasteiger partial charge on any atom is -0.481 e. The zero-order valence-electron chi connectivity index (χ0n) is 10.5. The number of aromatic nitrogens is 3. The Morgan fingerprint density at radius 3 is 2.90 bits per heavy atom. The Balaban J connectivity index is 1.97. The van der Waals surface area contributed by atoms with E-state index >= 15 is 0 Å². The van der Waals surface area contributed by atoms with Gasteiger partial charge in [-0.05, 0) is 25.0 Å². The van der Waals surface area contributed by atoms with Crippen molar-refractivity contribution >= 4 is 33.7 Å². The Bertz CT molecular complexity index is 655. The number of hydrogen-bond acceptors (Lipinski definition) is 4. The zero-order chi connectivity index (χ0) is 14.1. The highest BCUT2D eigenvalue weighted by molar-refractivity contribution is 9.10. The van der Waals surface area contributed by atoms with E-state index in [4.69, 9.17) is 5.11 Å². The molecule has 7 heteroatoms. The van der Waals surface area contributed by atoms with Crippen molar-refractivity contribution in [3.63, 3.8) is 0 Å². The number of carboxylic acid groups (broad SMARTS) is 1.